The van der Waals surface area contributed by atoms with E-state index in [2.05, 4.69) is 4.98 Å². The lowest BCUT2D eigenvalue weighted by Gasteiger charge is -2.16. The predicted molar refractivity (Wildman–Crippen MR) is 77.9 cm³/mol. The Morgan fingerprint density at radius 1 is 1.30 bits per heavy atom. The summed E-state index contributed by atoms with van der Waals surface area (Å²) in [7, 11) is 0. The predicted octanol–water partition coefficient (Wildman–Crippen LogP) is 4.25. The van der Waals surface area contributed by atoms with E-state index in [1.54, 1.807) is 13.0 Å². The molecule has 106 valence electrons. The lowest BCUT2D eigenvalue weighted by atomic mass is 9.91. The summed E-state index contributed by atoms with van der Waals surface area (Å²) in [4.78, 5) is 16.0. The zero-order chi connectivity index (χ0) is 15.1. The molecule has 1 aromatic heterocycles. The zero-order valence-electron chi connectivity index (χ0n) is 11.8. The maximum Gasteiger partial charge on any atom is 0.347 e. The number of thiazole rings is 1. The summed E-state index contributed by atoms with van der Waals surface area (Å²) in [5, 5.41) is 9.83. The van der Waals surface area contributed by atoms with Crippen LogP contribution in [0.2, 0.25) is 0 Å². The van der Waals surface area contributed by atoms with Crippen LogP contribution in [0.4, 0.5) is 4.39 Å². The van der Waals surface area contributed by atoms with Gasteiger partial charge in [-0.3, -0.25) is 0 Å². The molecule has 2 aromatic rings. The van der Waals surface area contributed by atoms with E-state index in [9.17, 15) is 14.3 Å². The maximum atomic E-state index is 13.5. The van der Waals surface area contributed by atoms with Crippen LogP contribution in [-0.2, 0) is 5.41 Å². The average molecular weight is 293 g/mol. The van der Waals surface area contributed by atoms with Crippen molar-refractivity contribution < 1.29 is 14.3 Å². The van der Waals surface area contributed by atoms with E-state index >= 15 is 0 Å². The van der Waals surface area contributed by atoms with Gasteiger partial charge in [0.05, 0.1) is 5.69 Å². The first-order valence-electron chi connectivity index (χ1n) is 6.20. The standard InChI is InChI=1S/C15H16FNO2S/c1-8-5-9(7-10(16)6-8)13-17-12(15(2,3)4)11(20-13)14(18)19/h5-7H,1-4H3,(H,18,19). The van der Waals surface area contributed by atoms with Crippen molar-refractivity contribution in [2.24, 2.45) is 0 Å². The van der Waals surface area contributed by atoms with Crippen molar-refractivity contribution in [1.82, 2.24) is 4.98 Å². The summed E-state index contributed by atoms with van der Waals surface area (Å²) >= 11 is 1.09. The summed E-state index contributed by atoms with van der Waals surface area (Å²) in [5.74, 6) is -1.34. The highest BCUT2D eigenvalue weighted by Gasteiger charge is 2.27. The highest BCUT2D eigenvalue weighted by Crippen LogP contribution is 2.35. The molecular weight excluding hydrogens is 277 g/mol. The Kier molecular flexibility index (Phi) is 3.65. The lowest BCUT2D eigenvalue weighted by Crippen LogP contribution is -2.16. The molecule has 0 unspecified atom stereocenters. The highest BCUT2D eigenvalue weighted by molar-refractivity contribution is 7.17. The highest BCUT2D eigenvalue weighted by atomic mass is 32.1. The van der Waals surface area contributed by atoms with Gasteiger partial charge in [0.25, 0.3) is 0 Å². The van der Waals surface area contributed by atoms with Gasteiger partial charge >= 0.3 is 5.97 Å². The van der Waals surface area contributed by atoms with Crippen molar-refractivity contribution in [1.29, 1.82) is 0 Å². The second-order valence-electron chi connectivity index (χ2n) is 5.77. The first kappa shape index (κ1) is 14.7. The van der Waals surface area contributed by atoms with Crippen molar-refractivity contribution in [3.63, 3.8) is 0 Å². The fraction of sp³-hybridized carbons (Fsp3) is 0.333. The third-order valence-corrected chi connectivity index (χ3v) is 3.91. The molecule has 0 bridgehead atoms. The van der Waals surface area contributed by atoms with E-state index < -0.39 is 5.97 Å². The van der Waals surface area contributed by atoms with Crippen LogP contribution in [0.15, 0.2) is 18.2 Å². The number of aryl methyl sites for hydroxylation is 1. The fourth-order valence-electron chi connectivity index (χ4n) is 1.96. The molecule has 3 nitrogen and oxygen atoms in total. The van der Waals surface area contributed by atoms with Gasteiger partial charge in [-0.25, -0.2) is 14.2 Å². The monoisotopic (exact) mass is 293 g/mol. The number of carboxylic acids is 1. The Balaban J connectivity index is 2.62. The van der Waals surface area contributed by atoms with Gasteiger partial charge in [0, 0.05) is 11.0 Å². The molecule has 0 aliphatic heterocycles. The number of aromatic carboxylic acids is 1. The van der Waals surface area contributed by atoms with Crippen LogP contribution in [0.3, 0.4) is 0 Å². The molecule has 0 spiro atoms. The number of halogens is 1. The first-order chi connectivity index (χ1) is 9.18. The van der Waals surface area contributed by atoms with Crippen LogP contribution in [0, 0.1) is 12.7 Å². The van der Waals surface area contributed by atoms with E-state index in [1.807, 2.05) is 20.8 Å². The third kappa shape index (κ3) is 2.88. The molecule has 0 atom stereocenters. The normalized spacial score (nSPS) is 11.7. The minimum Gasteiger partial charge on any atom is -0.477 e. The number of hydrogen-bond acceptors (Lipinski definition) is 3. The summed E-state index contributed by atoms with van der Waals surface area (Å²) in [5.41, 5.74) is 1.56. The molecule has 1 N–H and O–H groups in total. The number of carboxylic acid groups (broad SMARTS) is 1. The van der Waals surface area contributed by atoms with Gasteiger partial charge < -0.3 is 5.11 Å². The van der Waals surface area contributed by atoms with Crippen molar-refractivity contribution in [2.45, 2.75) is 33.1 Å². The van der Waals surface area contributed by atoms with Gasteiger partial charge in [0.15, 0.2) is 0 Å². The van der Waals surface area contributed by atoms with Crippen LogP contribution < -0.4 is 0 Å². The van der Waals surface area contributed by atoms with Crippen molar-refractivity contribution in [3.8, 4) is 10.6 Å². The maximum absolute atomic E-state index is 13.5. The van der Waals surface area contributed by atoms with Crippen LogP contribution in [0.1, 0.15) is 41.7 Å². The third-order valence-electron chi connectivity index (χ3n) is 2.82. The summed E-state index contributed by atoms with van der Waals surface area (Å²) in [6.45, 7) is 7.53. The second kappa shape index (κ2) is 4.98. The molecule has 0 aliphatic rings. The van der Waals surface area contributed by atoms with E-state index in [4.69, 9.17) is 0 Å². The Morgan fingerprint density at radius 3 is 2.40 bits per heavy atom. The summed E-state index contributed by atoms with van der Waals surface area (Å²) in [6.07, 6.45) is 0. The topological polar surface area (TPSA) is 50.2 Å². The minimum absolute atomic E-state index is 0.217. The van der Waals surface area contributed by atoms with E-state index in [1.165, 1.54) is 12.1 Å². The van der Waals surface area contributed by atoms with Crippen LogP contribution >= 0.6 is 11.3 Å². The zero-order valence-corrected chi connectivity index (χ0v) is 12.6. The van der Waals surface area contributed by atoms with Gasteiger partial charge in [-0.15, -0.1) is 11.3 Å². The summed E-state index contributed by atoms with van der Waals surface area (Å²) in [6, 6.07) is 4.61. The van der Waals surface area contributed by atoms with Gasteiger partial charge in [0.2, 0.25) is 0 Å². The molecule has 0 fully saturated rings. The minimum atomic E-state index is -0.994. The molecule has 0 amide bonds. The molecule has 0 saturated heterocycles. The van der Waals surface area contributed by atoms with Crippen molar-refractivity contribution in [3.05, 3.63) is 40.2 Å². The first-order valence-corrected chi connectivity index (χ1v) is 7.02. The molecule has 1 aromatic carbocycles. The number of carbonyl (C=O) groups is 1. The van der Waals surface area contributed by atoms with Gasteiger partial charge in [-0.05, 0) is 30.7 Å². The van der Waals surface area contributed by atoms with Gasteiger partial charge in [-0.1, -0.05) is 20.8 Å². The number of rotatable bonds is 2. The Hall–Kier alpha value is -1.75. The molecule has 5 heteroatoms. The molecule has 1 heterocycles. The SMILES string of the molecule is Cc1cc(F)cc(-c2nc(C(C)(C)C)c(C(=O)O)s2)c1. The summed E-state index contributed by atoms with van der Waals surface area (Å²) < 4.78 is 13.5. The molecule has 0 aliphatic carbocycles. The number of hydrogen-bond donors (Lipinski definition) is 1. The number of nitrogens with zero attached hydrogens (tertiary/aromatic N) is 1. The average Bonchev–Trinajstić information content (AvgIpc) is 2.71. The molecule has 0 radical (unpaired) electrons. The van der Waals surface area contributed by atoms with Crippen LogP contribution in [0.5, 0.6) is 0 Å². The van der Waals surface area contributed by atoms with Crippen LogP contribution in [0.25, 0.3) is 10.6 Å². The Morgan fingerprint density at radius 2 is 1.95 bits per heavy atom. The smallest absolute Gasteiger partial charge is 0.347 e. The van der Waals surface area contributed by atoms with E-state index in [0.29, 0.717) is 16.3 Å². The Bertz CT molecular complexity index is 651. The molecule has 2 rings (SSSR count). The van der Waals surface area contributed by atoms with Crippen LogP contribution in [-0.4, -0.2) is 16.1 Å². The van der Waals surface area contributed by atoms with E-state index in [-0.39, 0.29) is 16.1 Å². The second-order valence-corrected chi connectivity index (χ2v) is 6.77. The van der Waals surface area contributed by atoms with Crippen molar-refractivity contribution in [2.75, 3.05) is 0 Å². The molecule has 20 heavy (non-hydrogen) atoms. The van der Waals surface area contributed by atoms with Crippen molar-refractivity contribution >= 4 is 17.3 Å². The molecular formula is C15H16FNO2S. The Labute approximate surface area is 121 Å². The van der Waals surface area contributed by atoms with E-state index in [0.717, 1.165) is 16.9 Å². The lowest BCUT2D eigenvalue weighted by molar-refractivity contribution is 0.0699. The number of aromatic nitrogens is 1. The quantitative estimate of drug-likeness (QED) is 0.900. The largest absolute Gasteiger partial charge is 0.477 e. The fourth-order valence-corrected chi connectivity index (χ4v) is 3.06. The molecule has 0 saturated carbocycles. The number of benzene rings is 1. The van der Waals surface area contributed by atoms with Gasteiger partial charge in [-0.2, -0.15) is 0 Å². The van der Waals surface area contributed by atoms with Gasteiger partial charge in [0.1, 0.15) is 15.7 Å².